The molecule has 2 rings (SSSR count). The van der Waals surface area contributed by atoms with Crippen LogP contribution >= 0.6 is 11.3 Å². The van der Waals surface area contributed by atoms with Crippen molar-refractivity contribution in [2.24, 2.45) is 5.92 Å². The van der Waals surface area contributed by atoms with E-state index in [4.69, 9.17) is 4.74 Å². The number of anilines is 1. The Balaban J connectivity index is 1.83. The van der Waals surface area contributed by atoms with Gasteiger partial charge in [-0.1, -0.05) is 38.1 Å². The second kappa shape index (κ2) is 10.5. The van der Waals surface area contributed by atoms with Crippen LogP contribution in [0.1, 0.15) is 31.7 Å². The Bertz CT molecular complexity index is 778. The van der Waals surface area contributed by atoms with Crippen LogP contribution in [0.25, 0.3) is 0 Å². The molecule has 1 aromatic heterocycles. The molecule has 7 nitrogen and oxygen atoms in total. The molecule has 0 unspecified atom stereocenters. The topological polar surface area (TPSA) is 96.5 Å². The van der Waals surface area contributed by atoms with Crippen molar-refractivity contribution in [3.8, 4) is 0 Å². The molecule has 0 aliphatic carbocycles. The number of para-hydroxylation sites is 1. The van der Waals surface area contributed by atoms with Gasteiger partial charge in [0, 0.05) is 10.6 Å². The summed E-state index contributed by atoms with van der Waals surface area (Å²) in [5.41, 5.74) is 0.609. The number of carbonyl (C=O) groups excluding carboxylic acids is 3. The first-order chi connectivity index (χ1) is 13.4. The van der Waals surface area contributed by atoms with Crippen LogP contribution in [0, 0.1) is 5.92 Å². The highest BCUT2D eigenvalue weighted by molar-refractivity contribution is 7.10. The minimum atomic E-state index is -0.869. The summed E-state index contributed by atoms with van der Waals surface area (Å²) < 4.78 is 5.11. The Morgan fingerprint density at radius 2 is 1.71 bits per heavy atom. The van der Waals surface area contributed by atoms with E-state index in [1.54, 1.807) is 38.1 Å². The number of ether oxygens (including phenoxy) is 1. The zero-order valence-corrected chi connectivity index (χ0v) is 16.9. The number of hydrogen-bond acceptors (Lipinski definition) is 5. The predicted molar refractivity (Wildman–Crippen MR) is 109 cm³/mol. The minimum Gasteiger partial charge on any atom is -0.454 e. The summed E-state index contributed by atoms with van der Waals surface area (Å²) in [6, 6.07) is 11.2. The van der Waals surface area contributed by atoms with Gasteiger partial charge in [-0.25, -0.2) is 9.59 Å². The van der Waals surface area contributed by atoms with E-state index in [9.17, 15) is 14.4 Å². The maximum Gasteiger partial charge on any atom is 0.329 e. The lowest BCUT2D eigenvalue weighted by atomic mass is 10.1. The predicted octanol–water partition coefficient (Wildman–Crippen LogP) is 3.31. The fourth-order valence-corrected chi connectivity index (χ4v) is 3.18. The summed E-state index contributed by atoms with van der Waals surface area (Å²) in [7, 11) is 0. The molecule has 0 bridgehead atoms. The van der Waals surface area contributed by atoms with Crippen LogP contribution in [0.3, 0.4) is 0 Å². The van der Waals surface area contributed by atoms with Gasteiger partial charge in [-0.05, 0) is 36.4 Å². The Morgan fingerprint density at radius 3 is 2.32 bits per heavy atom. The molecule has 2 aromatic rings. The Labute approximate surface area is 168 Å². The maximum absolute atomic E-state index is 12.3. The molecule has 0 fully saturated rings. The first-order valence-electron chi connectivity index (χ1n) is 8.98. The molecule has 0 radical (unpaired) electrons. The lowest BCUT2D eigenvalue weighted by molar-refractivity contribution is -0.151. The smallest absolute Gasteiger partial charge is 0.329 e. The van der Waals surface area contributed by atoms with E-state index >= 15 is 0 Å². The number of carbonyl (C=O) groups is 3. The third kappa shape index (κ3) is 6.70. The molecule has 3 amide bonds. The summed E-state index contributed by atoms with van der Waals surface area (Å²) in [5.74, 6) is -1.26. The lowest BCUT2D eigenvalue weighted by Gasteiger charge is -2.21. The zero-order valence-electron chi connectivity index (χ0n) is 16.1. The van der Waals surface area contributed by atoms with Crippen molar-refractivity contribution in [3.63, 3.8) is 0 Å². The monoisotopic (exact) mass is 403 g/mol. The van der Waals surface area contributed by atoms with E-state index in [1.165, 1.54) is 11.3 Å². The molecule has 0 aliphatic rings. The summed E-state index contributed by atoms with van der Waals surface area (Å²) in [4.78, 5) is 37.5. The van der Waals surface area contributed by atoms with E-state index in [0.29, 0.717) is 5.69 Å². The molecular weight excluding hydrogens is 378 g/mol. The SMILES string of the molecule is CC(C)[C@@H](NC(=O)Nc1ccccc1)C(=O)OCC(=O)N[C@@H](C)c1cccs1. The maximum atomic E-state index is 12.3. The molecule has 0 aliphatic heterocycles. The summed E-state index contributed by atoms with van der Waals surface area (Å²) in [6.45, 7) is 5.03. The number of rotatable bonds is 8. The van der Waals surface area contributed by atoms with Crippen LogP contribution in [0.5, 0.6) is 0 Å². The van der Waals surface area contributed by atoms with Gasteiger partial charge in [-0.3, -0.25) is 4.79 Å². The van der Waals surface area contributed by atoms with Gasteiger partial charge in [0.1, 0.15) is 6.04 Å². The second-order valence-electron chi connectivity index (χ2n) is 6.60. The van der Waals surface area contributed by atoms with Gasteiger partial charge in [0.05, 0.1) is 6.04 Å². The van der Waals surface area contributed by atoms with E-state index in [1.807, 2.05) is 30.5 Å². The van der Waals surface area contributed by atoms with Crippen molar-refractivity contribution in [2.45, 2.75) is 32.9 Å². The fourth-order valence-electron chi connectivity index (χ4n) is 2.45. The first-order valence-corrected chi connectivity index (χ1v) is 9.86. The molecular formula is C20H25N3O4S. The summed E-state index contributed by atoms with van der Waals surface area (Å²) in [5, 5.41) is 9.95. The molecule has 1 heterocycles. The number of esters is 1. The molecule has 0 saturated heterocycles. The molecule has 0 spiro atoms. The molecule has 2 atom stereocenters. The molecule has 28 heavy (non-hydrogen) atoms. The van der Waals surface area contributed by atoms with Crippen molar-refractivity contribution in [2.75, 3.05) is 11.9 Å². The van der Waals surface area contributed by atoms with E-state index in [-0.39, 0.29) is 12.0 Å². The fraction of sp³-hybridized carbons (Fsp3) is 0.350. The van der Waals surface area contributed by atoms with Gasteiger partial charge in [0.2, 0.25) is 0 Å². The van der Waals surface area contributed by atoms with Gasteiger partial charge < -0.3 is 20.7 Å². The molecule has 3 N–H and O–H groups in total. The van der Waals surface area contributed by atoms with Gasteiger partial charge in [-0.15, -0.1) is 11.3 Å². The Kier molecular flexibility index (Phi) is 8.01. The van der Waals surface area contributed by atoms with Crippen LogP contribution < -0.4 is 16.0 Å². The van der Waals surface area contributed by atoms with E-state index in [2.05, 4.69) is 16.0 Å². The average molecular weight is 404 g/mol. The number of hydrogen-bond donors (Lipinski definition) is 3. The highest BCUT2D eigenvalue weighted by Gasteiger charge is 2.26. The number of amides is 3. The standard InChI is InChI=1S/C20H25N3O4S/c1-13(2)18(23-20(26)22-15-8-5-4-6-9-15)19(25)27-12-17(24)21-14(3)16-10-7-11-28-16/h4-11,13-14,18H,12H2,1-3H3,(H,21,24)(H2,22,23,26)/t14-,18+/m0/s1. The number of urea groups is 1. The summed E-state index contributed by atoms with van der Waals surface area (Å²) >= 11 is 1.54. The molecule has 150 valence electrons. The van der Waals surface area contributed by atoms with E-state index < -0.39 is 30.6 Å². The number of thiophene rings is 1. The highest BCUT2D eigenvalue weighted by Crippen LogP contribution is 2.17. The van der Waals surface area contributed by atoms with Crippen molar-refractivity contribution in [1.82, 2.24) is 10.6 Å². The third-order valence-electron chi connectivity index (χ3n) is 3.93. The minimum absolute atomic E-state index is 0.165. The van der Waals surface area contributed by atoms with Crippen molar-refractivity contribution in [1.29, 1.82) is 0 Å². The Hall–Kier alpha value is -2.87. The largest absolute Gasteiger partial charge is 0.454 e. The van der Waals surface area contributed by atoms with Crippen molar-refractivity contribution >= 4 is 34.9 Å². The van der Waals surface area contributed by atoms with Crippen LogP contribution in [0.4, 0.5) is 10.5 Å². The molecule has 8 heteroatoms. The van der Waals surface area contributed by atoms with Gasteiger partial charge in [0.15, 0.2) is 6.61 Å². The quantitative estimate of drug-likeness (QED) is 0.589. The van der Waals surface area contributed by atoms with Gasteiger partial charge >= 0.3 is 12.0 Å². The third-order valence-corrected chi connectivity index (χ3v) is 4.99. The van der Waals surface area contributed by atoms with Crippen molar-refractivity contribution in [3.05, 3.63) is 52.7 Å². The summed E-state index contributed by atoms with van der Waals surface area (Å²) in [6.07, 6.45) is 0. The van der Waals surface area contributed by atoms with Crippen LogP contribution in [-0.4, -0.2) is 30.6 Å². The molecule has 0 saturated carbocycles. The number of nitrogens with one attached hydrogen (secondary N) is 3. The van der Waals surface area contributed by atoms with Gasteiger partial charge in [-0.2, -0.15) is 0 Å². The normalized spacial score (nSPS) is 12.7. The highest BCUT2D eigenvalue weighted by atomic mass is 32.1. The second-order valence-corrected chi connectivity index (χ2v) is 7.58. The van der Waals surface area contributed by atoms with Crippen LogP contribution in [0.15, 0.2) is 47.8 Å². The van der Waals surface area contributed by atoms with Crippen LogP contribution in [0.2, 0.25) is 0 Å². The van der Waals surface area contributed by atoms with Crippen molar-refractivity contribution < 1.29 is 19.1 Å². The van der Waals surface area contributed by atoms with Gasteiger partial charge in [0.25, 0.3) is 5.91 Å². The first kappa shape index (κ1) is 21.4. The lowest BCUT2D eigenvalue weighted by Crippen LogP contribution is -2.47. The molecule has 1 aromatic carbocycles. The number of benzene rings is 1. The average Bonchev–Trinajstić information content (AvgIpc) is 3.19. The zero-order chi connectivity index (χ0) is 20.5. The van der Waals surface area contributed by atoms with Crippen LogP contribution in [-0.2, 0) is 14.3 Å². The van der Waals surface area contributed by atoms with E-state index in [0.717, 1.165) is 4.88 Å². The Morgan fingerprint density at radius 1 is 1.00 bits per heavy atom.